The summed E-state index contributed by atoms with van der Waals surface area (Å²) in [4.78, 5) is 7.14. The van der Waals surface area contributed by atoms with Gasteiger partial charge in [-0.05, 0) is 6.92 Å². The van der Waals surface area contributed by atoms with Crippen molar-refractivity contribution in [3.63, 3.8) is 0 Å². The van der Waals surface area contributed by atoms with Crippen LogP contribution in [-0.4, -0.2) is 36.2 Å². The maximum atomic E-state index is 5.36. The molecule has 2 aromatic rings. The standard InChI is InChI=1S/C15H18N2OS/c1-12-2-4-13(5-3-12)14-11-19-15(16-14)10-17-6-8-18-9-7-17/h2-5,11H,6-10H2,1H3. The molecule has 0 spiro atoms. The zero-order chi connectivity index (χ0) is 13.1. The summed E-state index contributed by atoms with van der Waals surface area (Å²) >= 11 is 1.75. The number of morpholine rings is 1. The Kier molecular flexibility index (Phi) is 3.92. The molecule has 100 valence electrons. The van der Waals surface area contributed by atoms with Crippen LogP contribution in [0.25, 0.3) is 11.3 Å². The van der Waals surface area contributed by atoms with E-state index in [1.54, 1.807) is 11.3 Å². The number of ether oxygens (including phenoxy) is 1. The monoisotopic (exact) mass is 274 g/mol. The molecule has 19 heavy (non-hydrogen) atoms. The van der Waals surface area contributed by atoms with Gasteiger partial charge >= 0.3 is 0 Å². The van der Waals surface area contributed by atoms with Crippen LogP contribution in [0.1, 0.15) is 10.6 Å². The number of aromatic nitrogens is 1. The Balaban J connectivity index is 1.70. The molecule has 1 aliphatic heterocycles. The van der Waals surface area contributed by atoms with Gasteiger partial charge in [-0.2, -0.15) is 0 Å². The second kappa shape index (κ2) is 5.82. The van der Waals surface area contributed by atoms with E-state index >= 15 is 0 Å². The average molecular weight is 274 g/mol. The fourth-order valence-electron chi connectivity index (χ4n) is 2.19. The van der Waals surface area contributed by atoms with E-state index in [9.17, 15) is 0 Å². The Hall–Kier alpha value is -1.23. The van der Waals surface area contributed by atoms with Crippen LogP contribution in [0.2, 0.25) is 0 Å². The van der Waals surface area contributed by atoms with E-state index in [0.29, 0.717) is 0 Å². The van der Waals surface area contributed by atoms with Gasteiger partial charge in [0, 0.05) is 24.0 Å². The van der Waals surface area contributed by atoms with Crippen molar-refractivity contribution in [1.29, 1.82) is 0 Å². The Morgan fingerprint density at radius 1 is 1.21 bits per heavy atom. The summed E-state index contributed by atoms with van der Waals surface area (Å²) in [7, 11) is 0. The molecule has 0 bridgehead atoms. The minimum atomic E-state index is 0.843. The fourth-order valence-corrected chi connectivity index (χ4v) is 3.04. The lowest BCUT2D eigenvalue weighted by Crippen LogP contribution is -2.35. The topological polar surface area (TPSA) is 25.4 Å². The third-order valence-electron chi connectivity index (χ3n) is 3.36. The highest BCUT2D eigenvalue weighted by molar-refractivity contribution is 7.09. The van der Waals surface area contributed by atoms with E-state index in [0.717, 1.165) is 38.5 Å². The van der Waals surface area contributed by atoms with Gasteiger partial charge in [0.25, 0.3) is 0 Å². The Bertz CT molecular complexity index is 529. The second-order valence-corrected chi connectivity index (χ2v) is 5.82. The van der Waals surface area contributed by atoms with Gasteiger partial charge < -0.3 is 4.74 Å². The van der Waals surface area contributed by atoms with Crippen molar-refractivity contribution in [2.45, 2.75) is 13.5 Å². The first-order valence-corrected chi connectivity index (χ1v) is 7.51. The smallest absolute Gasteiger partial charge is 0.107 e. The van der Waals surface area contributed by atoms with E-state index in [-0.39, 0.29) is 0 Å². The molecule has 1 saturated heterocycles. The summed E-state index contributed by atoms with van der Waals surface area (Å²) < 4.78 is 5.36. The van der Waals surface area contributed by atoms with Crippen molar-refractivity contribution < 1.29 is 4.74 Å². The predicted octanol–water partition coefficient (Wildman–Crippen LogP) is 2.95. The van der Waals surface area contributed by atoms with Gasteiger partial charge in [-0.1, -0.05) is 29.8 Å². The van der Waals surface area contributed by atoms with E-state index in [2.05, 4.69) is 41.5 Å². The molecule has 0 atom stereocenters. The van der Waals surface area contributed by atoms with Gasteiger partial charge in [-0.15, -0.1) is 11.3 Å². The summed E-state index contributed by atoms with van der Waals surface area (Å²) in [5.74, 6) is 0. The van der Waals surface area contributed by atoms with E-state index in [1.165, 1.54) is 16.1 Å². The Morgan fingerprint density at radius 2 is 1.95 bits per heavy atom. The van der Waals surface area contributed by atoms with Crippen LogP contribution in [0.4, 0.5) is 0 Å². The van der Waals surface area contributed by atoms with Crippen molar-refractivity contribution >= 4 is 11.3 Å². The lowest BCUT2D eigenvalue weighted by molar-refractivity contribution is 0.0342. The van der Waals surface area contributed by atoms with Crippen molar-refractivity contribution in [3.05, 3.63) is 40.2 Å². The number of thiazole rings is 1. The van der Waals surface area contributed by atoms with Gasteiger partial charge in [0.1, 0.15) is 5.01 Å². The molecular formula is C15H18N2OS. The van der Waals surface area contributed by atoms with Crippen molar-refractivity contribution in [2.24, 2.45) is 0 Å². The molecule has 4 heteroatoms. The summed E-state index contributed by atoms with van der Waals surface area (Å²) in [5.41, 5.74) is 3.58. The zero-order valence-corrected chi connectivity index (χ0v) is 11.9. The summed E-state index contributed by atoms with van der Waals surface area (Å²) in [6, 6.07) is 8.55. The molecule has 1 aliphatic rings. The zero-order valence-electron chi connectivity index (χ0n) is 11.1. The van der Waals surface area contributed by atoms with Crippen LogP contribution < -0.4 is 0 Å². The van der Waals surface area contributed by atoms with Crippen LogP contribution in [-0.2, 0) is 11.3 Å². The molecule has 0 unspecified atom stereocenters. The predicted molar refractivity (Wildman–Crippen MR) is 78.4 cm³/mol. The lowest BCUT2D eigenvalue weighted by Gasteiger charge is -2.25. The summed E-state index contributed by atoms with van der Waals surface area (Å²) in [6.45, 7) is 6.76. The van der Waals surface area contributed by atoms with Crippen LogP contribution in [0, 0.1) is 6.92 Å². The van der Waals surface area contributed by atoms with Crippen LogP contribution >= 0.6 is 11.3 Å². The number of aryl methyl sites for hydroxylation is 1. The van der Waals surface area contributed by atoms with Crippen molar-refractivity contribution in [2.75, 3.05) is 26.3 Å². The maximum Gasteiger partial charge on any atom is 0.107 e. The van der Waals surface area contributed by atoms with Crippen LogP contribution in [0.15, 0.2) is 29.6 Å². The second-order valence-electron chi connectivity index (χ2n) is 4.88. The SMILES string of the molecule is Cc1ccc(-c2csc(CN3CCOCC3)n2)cc1. The lowest BCUT2D eigenvalue weighted by atomic mass is 10.1. The van der Waals surface area contributed by atoms with Crippen molar-refractivity contribution in [1.82, 2.24) is 9.88 Å². The molecule has 1 aromatic carbocycles. The molecule has 0 radical (unpaired) electrons. The van der Waals surface area contributed by atoms with E-state index in [1.807, 2.05) is 0 Å². The number of benzene rings is 1. The fraction of sp³-hybridized carbons (Fsp3) is 0.400. The maximum absolute atomic E-state index is 5.36. The van der Waals surface area contributed by atoms with Crippen LogP contribution in [0.5, 0.6) is 0 Å². The van der Waals surface area contributed by atoms with E-state index in [4.69, 9.17) is 9.72 Å². The van der Waals surface area contributed by atoms with Gasteiger partial charge in [-0.25, -0.2) is 4.98 Å². The van der Waals surface area contributed by atoms with Crippen molar-refractivity contribution in [3.8, 4) is 11.3 Å². The summed E-state index contributed by atoms with van der Waals surface area (Å²) in [5, 5.41) is 3.35. The highest BCUT2D eigenvalue weighted by Gasteiger charge is 2.13. The molecule has 1 aromatic heterocycles. The molecular weight excluding hydrogens is 256 g/mol. The number of hydrogen-bond acceptors (Lipinski definition) is 4. The third kappa shape index (κ3) is 3.21. The minimum absolute atomic E-state index is 0.843. The van der Waals surface area contributed by atoms with Gasteiger partial charge in [0.2, 0.25) is 0 Å². The molecule has 1 fully saturated rings. The first kappa shape index (κ1) is 12.8. The Labute approximate surface area is 117 Å². The van der Waals surface area contributed by atoms with E-state index < -0.39 is 0 Å². The molecule has 0 aliphatic carbocycles. The number of hydrogen-bond donors (Lipinski definition) is 0. The molecule has 0 N–H and O–H groups in total. The molecule has 3 nitrogen and oxygen atoms in total. The van der Waals surface area contributed by atoms with Gasteiger partial charge in [0.05, 0.1) is 25.5 Å². The minimum Gasteiger partial charge on any atom is -0.379 e. The Morgan fingerprint density at radius 3 is 2.68 bits per heavy atom. The molecule has 0 amide bonds. The molecule has 3 rings (SSSR count). The quantitative estimate of drug-likeness (QED) is 0.860. The first-order valence-electron chi connectivity index (χ1n) is 6.63. The highest BCUT2D eigenvalue weighted by Crippen LogP contribution is 2.23. The van der Waals surface area contributed by atoms with Gasteiger partial charge in [0.15, 0.2) is 0 Å². The third-order valence-corrected chi connectivity index (χ3v) is 4.20. The number of nitrogens with zero attached hydrogens (tertiary/aromatic N) is 2. The highest BCUT2D eigenvalue weighted by atomic mass is 32.1. The molecule has 0 saturated carbocycles. The normalized spacial score (nSPS) is 16.7. The molecule has 2 heterocycles. The summed E-state index contributed by atoms with van der Waals surface area (Å²) in [6.07, 6.45) is 0. The number of rotatable bonds is 3. The largest absolute Gasteiger partial charge is 0.379 e. The van der Waals surface area contributed by atoms with Crippen LogP contribution in [0.3, 0.4) is 0 Å². The average Bonchev–Trinajstić information content (AvgIpc) is 2.89. The van der Waals surface area contributed by atoms with Gasteiger partial charge in [-0.3, -0.25) is 4.90 Å². The first-order chi connectivity index (χ1) is 9.31.